The molecule has 0 fully saturated rings. The molecular formula is C32H45N7O5. The molecule has 0 saturated carbocycles. The lowest BCUT2D eigenvalue weighted by Crippen LogP contribution is -2.57. The van der Waals surface area contributed by atoms with Crippen molar-refractivity contribution in [3.63, 3.8) is 0 Å². The Labute approximate surface area is 257 Å². The molecule has 4 unspecified atom stereocenters. The summed E-state index contributed by atoms with van der Waals surface area (Å²) in [6.45, 7) is 0.824. The summed E-state index contributed by atoms with van der Waals surface area (Å²) < 4.78 is 0. The van der Waals surface area contributed by atoms with E-state index >= 15 is 0 Å². The van der Waals surface area contributed by atoms with Gasteiger partial charge in [-0.15, -0.1) is 0 Å². The molecule has 0 bridgehead atoms. The molecule has 0 aliphatic heterocycles. The average Bonchev–Trinajstić information content (AvgIpc) is 3.42. The Bertz CT molecular complexity index is 1360. The van der Waals surface area contributed by atoms with Crippen molar-refractivity contribution in [2.75, 3.05) is 13.1 Å². The average molecular weight is 608 g/mol. The lowest BCUT2D eigenvalue weighted by Gasteiger charge is -2.25. The van der Waals surface area contributed by atoms with E-state index in [9.17, 15) is 24.3 Å². The SMILES string of the molecule is NCCCCC(NC(=O)C(N)Cc1ccccc1)C(=O)NC(CCCCN)C(=O)NC(Cc1c[nH]c2ccccc12)C(=O)O. The van der Waals surface area contributed by atoms with Crippen LogP contribution in [-0.4, -0.2) is 71.0 Å². The van der Waals surface area contributed by atoms with Gasteiger partial charge in [0, 0.05) is 23.5 Å². The number of aromatic amines is 1. The van der Waals surface area contributed by atoms with Gasteiger partial charge in [-0.1, -0.05) is 48.5 Å². The zero-order valence-electron chi connectivity index (χ0n) is 25.0. The number of carbonyl (C=O) groups is 4. The van der Waals surface area contributed by atoms with Crippen LogP contribution in [0.5, 0.6) is 0 Å². The largest absolute Gasteiger partial charge is 0.480 e. The summed E-state index contributed by atoms with van der Waals surface area (Å²) in [5.41, 5.74) is 19.9. The van der Waals surface area contributed by atoms with Gasteiger partial charge >= 0.3 is 5.97 Å². The molecule has 12 nitrogen and oxygen atoms in total. The van der Waals surface area contributed by atoms with E-state index < -0.39 is 47.9 Å². The molecule has 3 rings (SSSR count). The van der Waals surface area contributed by atoms with Crippen LogP contribution in [0.2, 0.25) is 0 Å². The van der Waals surface area contributed by atoms with Gasteiger partial charge in [0.15, 0.2) is 0 Å². The van der Waals surface area contributed by atoms with Gasteiger partial charge in [-0.2, -0.15) is 0 Å². The quantitative estimate of drug-likeness (QED) is 0.0920. The smallest absolute Gasteiger partial charge is 0.326 e. The fourth-order valence-corrected chi connectivity index (χ4v) is 5.03. The normalized spacial score (nSPS) is 13.9. The molecule has 12 heteroatoms. The molecule has 0 saturated heterocycles. The summed E-state index contributed by atoms with van der Waals surface area (Å²) in [5, 5.41) is 18.9. The van der Waals surface area contributed by atoms with Gasteiger partial charge in [0.25, 0.3) is 0 Å². The highest BCUT2D eigenvalue weighted by atomic mass is 16.4. The highest BCUT2D eigenvalue weighted by Crippen LogP contribution is 2.19. The number of amides is 3. The number of nitrogens with one attached hydrogen (secondary N) is 4. The van der Waals surface area contributed by atoms with Crippen molar-refractivity contribution in [3.05, 3.63) is 71.9 Å². The number of hydrogen-bond donors (Lipinski definition) is 8. The van der Waals surface area contributed by atoms with Gasteiger partial charge in [0.1, 0.15) is 18.1 Å². The predicted molar refractivity (Wildman–Crippen MR) is 169 cm³/mol. The van der Waals surface area contributed by atoms with E-state index in [0.29, 0.717) is 51.6 Å². The second-order valence-corrected chi connectivity index (χ2v) is 11.0. The maximum atomic E-state index is 13.5. The predicted octanol–water partition coefficient (Wildman–Crippen LogP) is 1.08. The Morgan fingerprint density at radius 3 is 1.84 bits per heavy atom. The lowest BCUT2D eigenvalue weighted by molar-refractivity contribution is -0.142. The number of rotatable bonds is 19. The van der Waals surface area contributed by atoms with E-state index in [4.69, 9.17) is 17.2 Å². The van der Waals surface area contributed by atoms with Crippen molar-refractivity contribution in [2.45, 2.75) is 75.5 Å². The number of nitrogens with two attached hydrogens (primary N) is 3. The van der Waals surface area contributed by atoms with Crippen molar-refractivity contribution in [2.24, 2.45) is 17.2 Å². The second-order valence-electron chi connectivity index (χ2n) is 11.0. The number of carbonyl (C=O) groups excluding carboxylic acids is 3. The molecule has 4 atom stereocenters. The molecule has 0 aliphatic carbocycles. The number of aliphatic carboxylic acids is 1. The highest BCUT2D eigenvalue weighted by molar-refractivity contribution is 5.94. The molecule has 0 radical (unpaired) electrons. The molecule has 238 valence electrons. The summed E-state index contributed by atoms with van der Waals surface area (Å²) >= 11 is 0. The van der Waals surface area contributed by atoms with Gasteiger partial charge in [0.05, 0.1) is 6.04 Å². The number of benzene rings is 2. The van der Waals surface area contributed by atoms with Crippen LogP contribution in [0.3, 0.4) is 0 Å². The maximum Gasteiger partial charge on any atom is 0.326 e. The molecule has 44 heavy (non-hydrogen) atoms. The fourth-order valence-electron chi connectivity index (χ4n) is 5.03. The topological polar surface area (TPSA) is 218 Å². The number of hydrogen-bond acceptors (Lipinski definition) is 7. The Morgan fingerprint density at radius 1 is 0.705 bits per heavy atom. The number of para-hydroxylation sites is 1. The van der Waals surface area contributed by atoms with Crippen LogP contribution in [-0.2, 0) is 32.0 Å². The standard InChI is InChI=1S/C32H45N7O5/c33-16-8-6-14-26(37-29(40)24(35)18-21-10-2-1-3-11-21)30(41)38-27(15-7-9-17-34)31(42)39-28(32(43)44)19-22-20-36-25-13-5-4-12-23(22)25/h1-5,10-13,20,24,26-28,36H,6-9,14-19,33-35H2,(H,37,40)(H,38,41)(H,39,42)(H,43,44). The first-order valence-corrected chi connectivity index (χ1v) is 15.1. The minimum absolute atomic E-state index is 0.0472. The van der Waals surface area contributed by atoms with Crippen molar-refractivity contribution in [1.29, 1.82) is 0 Å². The number of carboxylic acids is 1. The van der Waals surface area contributed by atoms with Crippen LogP contribution in [0.4, 0.5) is 0 Å². The molecule has 2 aromatic carbocycles. The number of H-pyrrole nitrogens is 1. The minimum Gasteiger partial charge on any atom is -0.480 e. The first-order chi connectivity index (χ1) is 21.2. The third-order valence-electron chi connectivity index (χ3n) is 7.51. The van der Waals surface area contributed by atoms with Crippen LogP contribution < -0.4 is 33.2 Å². The Morgan fingerprint density at radius 2 is 1.25 bits per heavy atom. The molecular weight excluding hydrogens is 562 g/mol. The maximum absolute atomic E-state index is 13.5. The first kappa shape index (κ1) is 34.2. The lowest BCUT2D eigenvalue weighted by atomic mass is 10.0. The second kappa shape index (κ2) is 17.8. The van der Waals surface area contributed by atoms with Gasteiger partial charge < -0.3 is 43.2 Å². The van der Waals surface area contributed by atoms with Gasteiger partial charge in [0.2, 0.25) is 17.7 Å². The third kappa shape index (κ3) is 10.5. The van der Waals surface area contributed by atoms with Crippen LogP contribution in [0, 0.1) is 0 Å². The first-order valence-electron chi connectivity index (χ1n) is 15.1. The number of carboxylic acid groups (broad SMARTS) is 1. The van der Waals surface area contributed by atoms with E-state index in [2.05, 4.69) is 20.9 Å². The van der Waals surface area contributed by atoms with E-state index in [-0.39, 0.29) is 12.8 Å². The summed E-state index contributed by atoms with van der Waals surface area (Å²) in [4.78, 5) is 55.2. The van der Waals surface area contributed by atoms with Crippen molar-refractivity contribution in [1.82, 2.24) is 20.9 Å². The van der Waals surface area contributed by atoms with E-state index in [0.717, 1.165) is 22.0 Å². The Balaban J connectivity index is 1.71. The van der Waals surface area contributed by atoms with Crippen molar-refractivity contribution < 1.29 is 24.3 Å². The highest BCUT2D eigenvalue weighted by Gasteiger charge is 2.30. The molecule has 0 spiro atoms. The third-order valence-corrected chi connectivity index (χ3v) is 7.51. The molecule has 0 aliphatic rings. The summed E-state index contributed by atoms with van der Waals surface area (Å²) in [6.07, 6.45) is 4.96. The minimum atomic E-state index is -1.23. The zero-order valence-corrected chi connectivity index (χ0v) is 25.0. The summed E-state index contributed by atoms with van der Waals surface area (Å²) in [7, 11) is 0. The van der Waals surface area contributed by atoms with Gasteiger partial charge in [-0.05, 0) is 75.2 Å². The molecule has 1 aromatic heterocycles. The Kier molecular flexibility index (Phi) is 13.8. The van der Waals surface area contributed by atoms with Gasteiger partial charge in [-0.3, -0.25) is 14.4 Å². The number of unbranched alkanes of at least 4 members (excludes halogenated alkanes) is 2. The summed E-state index contributed by atoms with van der Waals surface area (Å²) in [5.74, 6) is -2.88. The number of aromatic nitrogens is 1. The van der Waals surface area contributed by atoms with Crippen LogP contribution in [0.1, 0.15) is 49.7 Å². The van der Waals surface area contributed by atoms with E-state index in [1.807, 2.05) is 54.6 Å². The van der Waals surface area contributed by atoms with Crippen LogP contribution in [0.25, 0.3) is 10.9 Å². The van der Waals surface area contributed by atoms with Crippen LogP contribution >= 0.6 is 0 Å². The van der Waals surface area contributed by atoms with Crippen LogP contribution in [0.15, 0.2) is 60.8 Å². The van der Waals surface area contributed by atoms with Crippen molar-refractivity contribution >= 4 is 34.6 Å². The Hall–Kier alpha value is -4.26. The van der Waals surface area contributed by atoms with E-state index in [1.54, 1.807) is 6.20 Å². The van der Waals surface area contributed by atoms with Gasteiger partial charge in [-0.25, -0.2) is 4.79 Å². The van der Waals surface area contributed by atoms with Crippen molar-refractivity contribution in [3.8, 4) is 0 Å². The molecule has 3 aromatic rings. The monoisotopic (exact) mass is 607 g/mol. The fraction of sp³-hybridized carbons (Fsp3) is 0.438. The summed E-state index contributed by atoms with van der Waals surface area (Å²) in [6, 6.07) is 12.7. The van der Waals surface area contributed by atoms with E-state index in [1.165, 1.54) is 0 Å². The molecule has 1 heterocycles. The molecule has 3 amide bonds. The zero-order chi connectivity index (χ0) is 31.9. The number of fused-ring (bicyclic) bond motifs is 1. The molecule has 11 N–H and O–H groups in total.